The third-order valence-electron chi connectivity index (χ3n) is 3.84. The van der Waals surface area contributed by atoms with Crippen LogP contribution >= 0.6 is 0 Å². The lowest BCUT2D eigenvalue weighted by molar-refractivity contribution is 0.293. The zero-order chi connectivity index (χ0) is 15.7. The van der Waals surface area contributed by atoms with E-state index in [0.29, 0.717) is 6.04 Å². The van der Waals surface area contributed by atoms with Crippen molar-refractivity contribution in [2.45, 2.75) is 71.8 Å². The maximum atomic E-state index is 5.91. The molecule has 21 heavy (non-hydrogen) atoms. The zero-order valence-corrected chi connectivity index (χ0v) is 14.5. The van der Waals surface area contributed by atoms with Crippen molar-refractivity contribution in [3.05, 3.63) is 29.8 Å². The van der Waals surface area contributed by atoms with Crippen LogP contribution in [0.5, 0.6) is 5.75 Å². The van der Waals surface area contributed by atoms with Gasteiger partial charge in [0.15, 0.2) is 0 Å². The van der Waals surface area contributed by atoms with Gasteiger partial charge < -0.3 is 10.1 Å². The summed E-state index contributed by atoms with van der Waals surface area (Å²) in [5.74, 6) is 0.997. The minimum atomic E-state index is 0.177. The number of hydrogen-bond acceptors (Lipinski definition) is 2. The molecule has 0 aliphatic rings. The standard InChI is InChI=1S/C19H33NO/c1-6-13-20-17(7-2)11-9-14-21-18-12-8-10-16(15-18)19(3,4)5/h8,10,12,15,17,20H,6-7,9,11,13-14H2,1-5H3. The molecule has 1 N–H and O–H groups in total. The smallest absolute Gasteiger partial charge is 0.119 e. The summed E-state index contributed by atoms with van der Waals surface area (Å²) in [4.78, 5) is 0. The summed E-state index contributed by atoms with van der Waals surface area (Å²) in [6, 6.07) is 9.13. The Bertz CT molecular complexity index is 395. The van der Waals surface area contributed by atoms with E-state index in [-0.39, 0.29) is 5.41 Å². The van der Waals surface area contributed by atoms with Crippen molar-refractivity contribution in [3.63, 3.8) is 0 Å². The zero-order valence-electron chi connectivity index (χ0n) is 14.5. The van der Waals surface area contributed by atoms with Gasteiger partial charge in [-0.05, 0) is 55.3 Å². The Hall–Kier alpha value is -1.02. The highest BCUT2D eigenvalue weighted by molar-refractivity contribution is 5.32. The fraction of sp³-hybridized carbons (Fsp3) is 0.684. The number of ether oxygens (including phenoxy) is 1. The van der Waals surface area contributed by atoms with Crippen molar-refractivity contribution >= 4 is 0 Å². The summed E-state index contributed by atoms with van der Waals surface area (Å²) >= 11 is 0. The molecule has 0 aromatic heterocycles. The maximum absolute atomic E-state index is 5.91. The van der Waals surface area contributed by atoms with Gasteiger partial charge in [-0.3, -0.25) is 0 Å². The molecule has 0 aliphatic heterocycles. The first-order chi connectivity index (χ1) is 9.97. The fourth-order valence-corrected chi connectivity index (χ4v) is 2.37. The van der Waals surface area contributed by atoms with E-state index < -0.39 is 0 Å². The lowest BCUT2D eigenvalue weighted by Gasteiger charge is -2.20. The molecule has 1 rings (SSSR count). The molecule has 1 atom stereocenters. The van der Waals surface area contributed by atoms with Crippen LogP contribution in [0.4, 0.5) is 0 Å². The van der Waals surface area contributed by atoms with Gasteiger partial charge in [0.25, 0.3) is 0 Å². The molecule has 0 amide bonds. The van der Waals surface area contributed by atoms with Gasteiger partial charge in [-0.15, -0.1) is 0 Å². The SMILES string of the molecule is CCCNC(CC)CCCOc1cccc(C(C)(C)C)c1. The first-order valence-electron chi connectivity index (χ1n) is 8.44. The quantitative estimate of drug-likeness (QED) is 0.652. The molecule has 2 nitrogen and oxygen atoms in total. The summed E-state index contributed by atoms with van der Waals surface area (Å²) in [5.41, 5.74) is 1.51. The number of benzene rings is 1. The number of rotatable bonds is 9. The lowest BCUT2D eigenvalue weighted by atomic mass is 9.87. The largest absolute Gasteiger partial charge is 0.494 e. The molecule has 0 heterocycles. The second-order valence-electron chi connectivity index (χ2n) is 6.83. The molecule has 120 valence electrons. The van der Waals surface area contributed by atoms with Crippen LogP contribution < -0.4 is 10.1 Å². The minimum absolute atomic E-state index is 0.177. The van der Waals surface area contributed by atoms with Gasteiger partial charge in [-0.2, -0.15) is 0 Å². The van der Waals surface area contributed by atoms with Gasteiger partial charge in [-0.25, -0.2) is 0 Å². The maximum Gasteiger partial charge on any atom is 0.119 e. The molecular weight excluding hydrogens is 258 g/mol. The topological polar surface area (TPSA) is 21.3 Å². The van der Waals surface area contributed by atoms with Crippen LogP contribution in [0.3, 0.4) is 0 Å². The van der Waals surface area contributed by atoms with Gasteiger partial charge in [0, 0.05) is 6.04 Å². The van der Waals surface area contributed by atoms with Crippen LogP contribution in [0, 0.1) is 0 Å². The second kappa shape index (κ2) is 9.09. The summed E-state index contributed by atoms with van der Waals surface area (Å²) in [6.07, 6.45) is 4.69. The minimum Gasteiger partial charge on any atom is -0.494 e. The summed E-state index contributed by atoms with van der Waals surface area (Å²) in [5, 5.41) is 3.59. The Balaban J connectivity index is 2.35. The average molecular weight is 291 g/mol. The van der Waals surface area contributed by atoms with Gasteiger partial charge in [0.1, 0.15) is 5.75 Å². The Morgan fingerprint density at radius 1 is 1.19 bits per heavy atom. The predicted molar refractivity (Wildman–Crippen MR) is 92.2 cm³/mol. The molecule has 0 aliphatic carbocycles. The van der Waals surface area contributed by atoms with Crippen LogP contribution in [0.25, 0.3) is 0 Å². The monoisotopic (exact) mass is 291 g/mol. The fourth-order valence-electron chi connectivity index (χ4n) is 2.37. The molecule has 0 saturated heterocycles. The first-order valence-corrected chi connectivity index (χ1v) is 8.44. The molecule has 1 aromatic rings. The van der Waals surface area contributed by atoms with Gasteiger partial charge in [0.05, 0.1) is 6.61 Å². The molecule has 1 aromatic carbocycles. The normalized spacial score (nSPS) is 13.2. The summed E-state index contributed by atoms with van der Waals surface area (Å²) < 4.78 is 5.91. The highest BCUT2D eigenvalue weighted by atomic mass is 16.5. The molecule has 1 unspecified atom stereocenters. The van der Waals surface area contributed by atoms with E-state index in [1.165, 1.54) is 24.8 Å². The van der Waals surface area contributed by atoms with Crippen molar-refractivity contribution in [3.8, 4) is 5.75 Å². The molecule has 0 fully saturated rings. The van der Waals surface area contributed by atoms with Crippen LogP contribution in [0.15, 0.2) is 24.3 Å². The van der Waals surface area contributed by atoms with Gasteiger partial charge >= 0.3 is 0 Å². The van der Waals surface area contributed by atoms with E-state index in [4.69, 9.17) is 4.74 Å². The summed E-state index contributed by atoms with van der Waals surface area (Å²) in [6.45, 7) is 13.1. The van der Waals surface area contributed by atoms with Crippen LogP contribution in [-0.4, -0.2) is 19.2 Å². The highest BCUT2D eigenvalue weighted by Crippen LogP contribution is 2.25. The highest BCUT2D eigenvalue weighted by Gasteiger charge is 2.13. The average Bonchev–Trinajstić information content (AvgIpc) is 2.46. The molecule has 0 radical (unpaired) electrons. The lowest BCUT2D eigenvalue weighted by Crippen LogP contribution is -2.29. The molecule has 0 saturated carbocycles. The van der Waals surface area contributed by atoms with Gasteiger partial charge in [-0.1, -0.05) is 46.8 Å². The van der Waals surface area contributed by atoms with E-state index in [1.54, 1.807) is 0 Å². The van der Waals surface area contributed by atoms with E-state index in [1.807, 2.05) is 0 Å². The molecular formula is C19H33NO. The van der Waals surface area contributed by atoms with E-state index in [9.17, 15) is 0 Å². The molecule has 2 heteroatoms. The second-order valence-corrected chi connectivity index (χ2v) is 6.83. The van der Waals surface area contributed by atoms with Crippen molar-refractivity contribution in [2.75, 3.05) is 13.2 Å². The number of hydrogen-bond donors (Lipinski definition) is 1. The van der Waals surface area contributed by atoms with Crippen molar-refractivity contribution in [1.82, 2.24) is 5.32 Å². The van der Waals surface area contributed by atoms with Gasteiger partial charge in [0.2, 0.25) is 0 Å². The molecule has 0 spiro atoms. The van der Waals surface area contributed by atoms with E-state index >= 15 is 0 Å². The van der Waals surface area contributed by atoms with E-state index in [0.717, 1.165) is 25.3 Å². The Morgan fingerprint density at radius 2 is 1.95 bits per heavy atom. The first kappa shape index (κ1) is 18.0. The Labute approximate surface area is 131 Å². The predicted octanol–water partition coefficient (Wildman–Crippen LogP) is 4.92. The van der Waals surface area contributed by atoms with Crippen molar-refractivity contribution in [2.24, 2.45) is 0 Å². The number of nitrogens with one attached hydrogen (secondary N) is 1. The Kier molecular flexibility index (Phi) is 7.81. The van der Waals surface area contributed by atoms with Crippen molar-refractivity contribution in [1.29, 1.82) is 0 Å². The Morgan fingerprint density at radius 3 is 2.57 bits per heavy atom. The van der Waals surface area contributed by atoms with Crippen LogP contribution in [0.1, 0.15) is 65.9 Å². The third kappa shape index (κ3) is 6.99. The summed E-state index contributed by atoms with van der Waals surface area (Å²) in [7, 11) is 0. The van der Waals surface area contributed by atoms with Crippen LogP contribution in [0.2, 0.25) is 0 Å². The third-order valence-corrected chi connectivity index (χ3v) is 3.84. The van der Waals surface area contributed by atoms with E-state index in [2.05, 4.69) is 64.2 Å². The van der Waals surface area contributed by atoms with Crippen molar-refractivity contribution < 1.29 is 4.74 Å². The molecule has 0 bridgehead atoms. The van der Waals surface area contributed by atoms with Crippen LogP contribution in [-0.2, 0) is 5.41 Å².